The molecule has 144 valence electrons. The number of aryl methyl sites for hydroxylation is 1. The van der Waals surface area contributed by atoms with Gasteiger partial charge in [-0.25, -0.2) is 9.97 Å². The molecule has 7 heteroatoms. The van der Waals surface area contributed by atoms with E-state index < -0.39 is 0 Å². The number of anilines is 2. The Labute approximate surface area is 168 Å². The van der Waals surface area contributed by atoms with Gasteiger partial charge >= 0.3 is 0 Å². The molecule has 0 aliphatic heterocycles. The van der Waals surface area contributed by atoms with Crippen molar-refractivity contribution in [2.75, 3.05) is 19.0 Å². The third-order valence-electron chi connectivity index (χ3n) is 4.10. The Kier molecular flexibility index (Phi) is 6.45. The number of carbonyl (C=O) groups is 1. The zero-order valence-corrected chi connectivity index (χ0v) is 16.5. The Morgan fingerprint density at radius 2 is 1.93 bits per heavy atom. The monoisotopic (exact) mass is 396 g/mol. The second-order valence-corrected chi connectivity index (χ2v) is 6.70. The van der Waals surface area contributed by atoms with Crippen molar-refractivity contribution in [2.24, 2.45) is 0 Å². The quantitative estimate of drug-likeness (QED) is 0.627. The fourth-order valence-corrected chi connectivity index (χ4v) is 2.88. The summed E-state index contributed by atoms with van der Waals surface area (Å²) in [5.41, 5.74) is 3.31. The summed E-state index contributed by atoms with van der Waals surface area (Å²) in [6.45, 7) is 2.49. The van der Waals surface area contributed by atoms with E-state index in [1.807, 2.05) is 49.4 Å². The molecule has 0 saturated heterocycles. The largest absolute Gasteiger partial charge is 0.495 e. The second kappa shape index (κ2) is 9.19. The van der Waals surface area contributed by atoms with E-state index >= 15 is 0 Å². The Bertz CT molecular complexity index is 961. The lowest BCUT2D eigenvalue weighted by atomic mass is 10.1. The third kappa shape index (κ3) is 5.20. The molecule has 6 nitrogen and oxygen atoms in total. The van der Waals surface area contributed by atoms with Crippen LogP contribution in [0, 0.1) is 6.92 Å². The van der Waals surface area contributed by atoms with Crippen molar-refractivity contribution in [1.29, 1.82) is 0 Å². The lowest BCUT2D eigenvalue weighted by Crippen LogP contribution is -2.26. The molecule has 0 radical (unpaired) electrons. The normalized spacial score (nSPS) is 10.4. The van der Waals surface area contributed by atoms with E-state index in [1.165, 1.54) is 12.4 Å². The van der Waals surface area contributed by atoms with E-state index in [2.05, 4.69) is 20.6 Å². The molecule has 3 aromatic rings. The van der Waals surface area contributed by atoms with Crippen molar-refractivity contribution in [1.82, 2.24) is 15.3 Å². The predicted octanol–water partition coefficient (Wildman–Crippen LogP) is 4.16. The Morgan fingerprint density at radius 1 is 1.14 bits per heavy atom. The van der Waals surface area contributed by atoms with E-state index in [0.717, 1.165) is 16.8 Å². The first kappa shape index (κ1) is 19.6. The van der Waals surface area contributed by atoms with Gasteiger partial charge in [0.1, 0.15) is 5.75 Å². The van der Waals surface area contributed by atoms with E-state index in [0.29, 0.717) is 35.2 Å². The molecule has 0 spiro atoms. The number of amides is 1. The van der Waals surface area contributed by atoms with E-state index in [1.54, 1.807) is 7.11 Å². The molecule has 1 amide bonds. The summed E-state index contributed by atoms with van der Waals surface area (Å²) < 4.78 is 5.33. The lowest BCUT2D eigenvalue weighted by Gasteiger charge is -2.11. The topological polar surface area (TPSA) is 76.1 Å². The van der Waals surface area contributed by atoms with Gasteiger partial charge in [-0.15, -0.1) is 0 Å². The first-order chi connectivity index (χ1) is 13.5. The first-order valence-electron chi connectivity index (χ1n) is 8.81. The van der Waals surface area contributed by atoms with Gasteiger partial charge in [-0.3, -0.25) is 4.79 Å². The number of benzene rings is 2. The van der Waals surface area contributed by atoms with Crippen LogP contribution in [0.4, 0.5) is 11.6 Å². The minimum Gasteiger partial charge on any atom is -0.495 e. The van der Waals surface area contributed by atoms with Crippen LogP contribution in [-0.4, -0.2) is 29.5 Å². The van der Waals surface area contributed by atoms with Crippen molar-refractivity contribution in [2.45, 2.75) is 13.3 Å². The standard InChI is InChI=1S/C21H21ClN4O2/c1-14-6-7-19(28-2)18(10-14)26-21-24-12-16(13-25-21)20(27)23-9-8-15-4-3-5-17(22)11-15/h3-7,10-13H,8-9H2,1-2H3,(H,23,27)(H,24,25,26). The Morgan fingerprint density at radius 3 is 2.64 bits per heavy atom. The third-order valence-corrected chi connectivity index (χ3v) is 4.34. The van der Waals surface area contributed by atoms with Crippen LogP contribution in [0.1, 0.15) is 21.5 Å². The fraction of sp³-hybridized carbons (Fsp3) is 0.190. The molecule has 0 saturated carbocycles. The van der Waals surface area contributed by atoms with Crippen molar-refractivity contribution < 1.29 is 9.53 Å². The van der Waals surface area contributed by atoms with Gasteiger partial charge in [0.25, 0.3) is 5.91 Å². The van der Waals surface area contributed by atoms with Crippen molar-refractivity contribution in [3.8, 4) is 5.75 Å². The van der Waals surface area contributed by atoms with Crippen LogP contribution in [0.5, 0.6) is 5.75 Å². The van der Waals surface area contributed by atoms with Crippen LogP contribution >= 0.6 is 11.6 Å². The number of hydrogen-bond donors (Lipinski definition) is 2. The summed E-state index contributed by atoms with van der Waals surface area (Å²) in [7, 11) is 1.60. The molecule has 2 N–H and O–H groups in total. The number of hydrogen-bond acceptors (Lipinski definition) is 5. The molecular weight excluding hydrogens is 376 g/mol. The minimum absolute atomic E-state index is 0.221. The van der Waals surface area contributed by atoms with Crippen LogP contribution in [0.3, 0.4) is 0 Å². The van der Waals surface area contributed by atoms with Crippen LogP contribution in [0.15, 0.2) is 54.9 Å². The molecule has 0 fully saturated rings. The number of rotatable bonds is 7. The minimum atomic E-state index is -0.221. The highest BCUT2D eigenvalue weighted by molar-refractivity contribution is 6.30. The van der Waals surface area contributed by atoms with E-state index in [4.69, 9.17) is 16.3 Å². The number of carbonyl (C=O) groups excluding carboxylic acids is 1. The SMILES string of the molecule is COc1ccc(C)cc1Nc1ncc(C(=O)NCCc2cccc(Cl)c2)cn1. The van der Waals surface area contributed by atoms with Crippen LogP contribution in [-0.2, 0) is 6.42 Å². The number of nitrogens with one attached hydrogen (secondary N) is 2. The molecule has 0 unspecified atom stereocenters. The average molecular weight is 397 g/mol. The average Bonchev–Trinajstić information content (AvgIpc) is 2.69. The number of nitrogens with zero attached hydrogens (tertiary/aromatic N) is 2. The van der Waals surface area contributed by atoms with E-state index in [-0.39, 0.29) is 5.91 Å². The molecular formula is C21H21ClN4O2. The van der Waals surface area contributed by atoms with Crippen LogP contribution in [0.2, 0.25) is 5.02 Å². The maximum absolute atomic E-state index is 12.3. The summed E-state index contributed by atoms with van der Waals surface area (Å²) in [6, 6.07) is 13.4. The van der Waals surface area contributed by atoms with Gasteiger partial charge in [0, 0.05) is 24.0 Å². The molecule has 1 aromatic heterocycles. The van der Waals surface area contributed by atoms with Gasteiger partial charge in [-0.1, -0.05) is 29.8 Å². The zero-order chi connectivity index (χ0) is 19.9. The summed E-state index contributed by atoms with van der Waals surface area (Å²) in [4.78, 5) is 20.7. The predicted molar refractivity (Wildman–Crippen MR) is 111 cm³/mol. The number of ether oxygens (including phenoxy) is 1. The maximum Gasteiger partial charge on any atom is 0.254 e. The summed E-state index contributed by atoms with van der Waals surface area (Å²) in [5, 5.41) is 6.65. The number of methoxy groups -OCH3 is 1. The summed E-state index contributed by atoms with van der Waals surface area (Å²) >= 11 is 5.96. The van der Waals surface area contributed by atoms with Crippen molar-refractivity contribution in [3.05, 3.63) is 76.6 Å². The highest BCUT2D eigenvalue weighted by Crippen LogP contribution is 2.27. The Hall–Kier alpha value is -3.12. The second-order valence-electron chi connectivity index (χ2n) is 6.26. The highest BCUT2D eigenvalue weighted by atomic mass is 35.5. The maximum atomic E-state index is 12.3. The summed E-state index contributed by atoms with van der Waals surface area (Å²) in [6.07, 6.45) is 3.68. The lowest BCUT2D eigenvalue weighted by molar-refractivity contribution is 0.0953. The van der Waals surface area contributed by atoms with Gasteiger partial charge in [0.05, 0.1) is 18.4 Å². The van der Waals surface area contributed by atoms with Crippen molar-refractivity contribution >= 4 is 29.1 Å². The van der Waals surface area contributed by atoms with E-state index in [9.17, 15) is 4.79 Å². The van der Waals surface area contributed by atoms with Gasteiger partial charge in [-0.2, -0.15) is 0 Å². The fourth-order valence-electron chi connectivity index (χ4n) is 2.66. The molecule has 0 aliphatic carbocycles. The highest BCUT2D eigenvalue weighted by Gasteiger charge is 2.09. The van der Waals surface area contributed by atoms with Crippen molar-refractivity contribution in [3.63, 3.8) is 0 Å². The molecule has 0 atom stereocenters. The van der Waals surface area contributed by atoms with Gasteiger partial charge in [-0.05, 0) is 48.7 Å². The Balaban J connectivity index is 1.58. The van der Waals surface area contributed by atoms with Gasteiger partial charge in [0.2, 0.25) is 5.95 Å². The molecule has 1 heterocycles. The first-order valence-corrected chi connectivity index (χ1v) is 9.19. The van der Waals surface area contributed by atoms with Gasteiger partial charge in [0.15, 0.2) is 0 Å². The number of aromatic nitrogens is 2. The molecule has 0 aliphatic rings. The molecule has 0 bridgehead atoms. The zero-order valence-electron chi connectivity index (χ0n) is 15.7. The van der Waals surface area contributed by atoms with Crippen LogP contribution in [0.25, 0.3) is 0 Å². The van der Waals surface area contributed by atoms with Crippen LogP contribution < -0.4 is 15.4 Å². The molecule has 28 heavy (non-hydrogen) atoms. The molecule has 2 aromatic carbocycles. The summed E-state index contributed by atoms with van der Waals surface area (Å²) in [5.74, 6) is 0.859. The smallest absolute Gasteiger partial charge is 0.254 e. The molecule has 3 rings (SSSR count). The number of halogens is 1. The van der Waals surface area contributed by atoms with Gasteiger partial charge < -0.3 is 15.4 Å².